The first-order valence-electron chi connectivity index (χ1n) is 7.45. The van der Waals surface area contributed by atoms with E-state index in [1.165, 1.54) is 5.56 Å². The molecule has 0 aliphatic rings. The third kappa shape index (κ3) is 3.35. The average Bonchev–Trinajstić information content (AvgIpc) is 2.54. The SMILES string of the molecule is CC(C)n1c(SCc2ccccc2Br)nc2ccccc2c1=O. The molecule has 0 bridgehead atoms. The van der Waals surface area contributed by atoms with Crippen molar-refractivity contribution in [1.82, 2.24) is 9.55 Å². The normalized spacial score (nSPS) is 11.3. The van der Waals surface area contributed by atoms with Crippen LogP contribution in [0.3, 0.4) is 0 Å². The third-order valence-electron chi connectivity index (χ3n) is 3.61. The van der Waals surface area contributed by atoms with Crippen molar-refractivity contribution in [2.24, 2.45) is 0 Å². The molecule has 118 valence electrons. The fourth-order valence-electron chi connectivity index (χ4n) is 2.44. The zero-order chi connectivity index (χ0) is 16.4. The van der Waals surface area contributed by atoms with Gasteiger partial charge in [-0.1, -0.05) is 58.0 Å². The van der Waals surface area contributed by atoms with Crippen LogP contribution in [0.15, 0.2) is 63.0 Å². The quantitative estimate of drug-likeness (QED) is 0.464. The van der Waals surface area contributed by atoms with Crippen LogP contribution in [0.1, 0.15) is 25.5 Å². The van der Waals surface area contributed by atoms with Gasteiger partial charge in [-0.15, -0.1) is 0 Å². The number of benzene rings is 2. The molecule has 0 spiro atoms. The Labute approximate surface area is 147 Å². The van der Waals surface area contributed by atoms with E-state index >= 15 is 0 Å². The first-order chi connectivity index (χ1) is 11.1. The molecule has 3 aromatic rings. The van der Waals surface area contributed by atoms with Gasteiger partial charge in [-0.2, -0.15) is 0 Å². The van der Waals surface area contributed by atoms with Crippen LogP contribution >= 0.6 is 27.7 Å². The molecular formula is C18H17BrN2OS. The van der Waals surface area contributed by atoms with Crippen LogP contribution in [0.25, 0.3) is 10.9 Å². The molecule has 1 aromatic heterocycles. The van der Waals surface area contributed by atoms with Gasteiger partial charge in [0.15, 0.2) is 5.16 Å². The van der Waals surface area contributed by atoms with Crippen molar-refractivity contribution in [3.63, 3.8) is 0 Å². The van der Waals surface area contributed by atoms with E-state index in [1.54, 1.807) is 16.3 Å². The van der Waals surface area contributed by atoms with Crippen molar-refractivity contribution in [3.05, 3.63) is 68.9 Å². The highest BCUT2D eigenvalue weighted by Gasteiger charge is 2.14. The van der Waals surface area contributed by atoms with Gasteiger partial charge in [0.25, 0.3) is 5.56 Å². The van der Waals surface area contributed by atoms with Gasteiger partial charge in [0.05, 0.1) is 10.9 Å². The number of rotatable bonds is 4. The first kappa shape index (κ1) is 16.3. The molecule has 0 amide bonds. The van der Waals surface area contributed by atoms with Crippen molar-refractivity contribution in [1.29, 1.82) is 0 Å². The fraction of sp³-hybridized carbons (Fsp3) is 0.222. The molecule has 0 N–H and O–H groups in total. The molecule has 3 nitrogen and oxygen atoms in total. The second-order valence-electron chi connectivity index (χ2n) is 5.56. The smallest absolute Gasteiger partial charge is 0.262 e. The van der Waals surface area contributed by atoms with E-state index in [0.717, 1.165) is 20.9 Å². The molecule has 0 aliphatic carbocycles. The Morgan fingerprint density at radius 1 is 1.13 bits per heavy atom. The molecule has 1 heterocycles. The van der Waals surface area contributed by atoms with E-state index in [0.29, 0.717) is 5.39 Å². The number of para-hydroxylation sites is 1. The van der Waals surface area contributed by atoms with E-state index < -0.39 is 0 Å². The molecular weight excluding hydrogens is 372 g/mol. The molecule has 23 heavy (non-hydrogen) atoms. The van der Waals surface area contributed by atoms with Crippen LogP contribution in [0.4, 0.5) is 0 Å². The molecule has 0 unspecified atom stereocenters. The summed E-state index contributed by atoms with van der Waals surface area (Å²) in [4.78, 5) is 17.5. The van der Waals surface area contributed by atoms with Crippen molar-refractivity contribution in [2.75, 3.05) is 0 Å². The van der Waals surface area contributed by atoms with E-state index in [9.17, 15) is 4.79 Å². The second-order valence-corrected chi connectivity index (χ2v) is 7.36. The lowest BCUT2D eigenvalue weighted by Gasteiger charge is -2.16. The molecule has 2 aromatic carbocycles. The number of hydrogen-bond donors (Lipinski definition) is 0. The third-order valence-corrected chi connectivity index (χ3v) is 5.38. The molecule has 0 saturated carbocycles. The van der Waals surface area contributed by atoms with Gasteiger partial charge in [0.2, 0.25) is 0 Å². The number of fused-ring (bicyclic) bond motifs is 1. The Morgan fingerprint density at radius 3 is 2.57 bits per heavy atom. The van der Waals surface area contributed by atoms with Crippen LogP contribution in [0, 0.1) is 0 Å². The highest BCUT2D eigenvalue weighted by molar-refractivity contribution is 9.10. The Kier molecular flexibility index (Phi) is 4.87. The molecule has 0 radical (unpaired) electrons. The lowest BCUT2D eigenvalue weighted by Crippen LogP contribution is -2.25. The summed E-state index contributed by atoms with van der Waals surface area (Å²) < 4.78 is 2.86. The summed E-state index contributed by atoms with van der Waals surface area (Å²) in [5.41, 5.74) is 1.97. The topological polar surface area (TPSA) is 34.9 Å². The monoisotopic (exact) mass is 388 g/mol. The van der Waals surface area contributed by atoms with Gasteiger partial charge < -0.3 is 0 Å². The Bertz CT molecular complexity index is 905. The predicted molar refractivity (Wildman–Crippen MR) is 100 cm³/mol. The van der Waals surface area contributed by atoms with Gasteiger partial charge >= 0.3 is 0 Å². The standard InChI is InChI=1S/C18H17BrN2OS/c1-12(2)21-17(22)14-8-4-6-10-16(14)20-18(21)23-11-13-7-3-5-9-15(13)19/h3-10,12H,11H2,1-2H3. The molecule has 0 atom stereocenters. The highest BCUT2D eigenvalue weighted by atomic mass is 79.9. The van der Waals surface area contributed by atoms with Gasteiger partial charge in [-0.05, 0) is 37.6 Å². The molecule has 5 heteroatoms. The van der Waals surface area contributed by atoms with Crippen molar-refractivity contribution < 1.29 is 0 Å². The summed E-state index contributed by atoms with van der Waals surface area (Å²) in [6.45, 7) is 4.03. The number of nitrogens with zero attached hydrogens (tertiary/aromatic N) is 2. The molecule has 0 saturated heterocycles. The minimum Gasteiger partial charge on any atom is -0.285 e. The minimum absolute atomic E-state index is 0.0280. The number of aromatic nitrogens is 2. The fourth-order valence-corrected chi connectivity index (χ4v) is 4.18. The summed E-state index contributed by atoms with van der Waals surface area (Å²) in [5.74, 6) is 0.763. The summed E-state index contributed by atoms with van der Waals surface area (Å²) in [7, 11) is 0. The van der Waals surface area contributed by atoms with E-state index in [4.69, 9.17) is 4.98 Å². The second kappa shape index (κ2) is 6.89. The number of halogens is 1. The van der Waals surface area contributed by atoms with Crippen LogP contribution in [-0.2, 0) is 5.75 Å². The molecule has 0 fully saturated rings. The van der Waals surface area contributed by atoms with E-state index in [-0.39, 0.29) is 11.6 Å². The lowest BCUT2D eigenvalue weighted by molar-refractivity contribution is 0.519. The predicted octanol–water partition coefficient (Wildman–Crippen LogP) is 5.03. The minimum atomic E-state index is 0.0280. The maximum absolute atomic E-state index is 12.8. The van der Waals surface area contributed by atoms with Crippen molar-refractivity contribution in [2.45, 2.75) is 30.8 Å². The average molecular weight is 389 g/mol. The van der Waals surface area contributed by atoms with Gasteiger partial charge in [-0.3, -0.25) is 9.36 Å². The zero-order valence-electron chi connectivity index (χ0n) is 13.0. The highest BCUT2D eigenvalue weighted by Crippen LogP contribution is 2.27. The van der Waals surface area contributed by atoms with Crippen LogP contribution in [-0.4, -0.2) is 9.55 Å². The van der Waals surface area contributed by atoms with Crippen molar-refractivity contribution in [3.8, 4) is 0 Å². The summed E-state index contributed by atoms with van der Waals surface area (Å²) in [6.07, 6.45) is 0. The van der Waals surface area contributed by atoms with Crippen LogP contribution < -0.4 is 5.56 Å². The summed E-state index contributed by atoms with van der Waals surface area (Å²) in [5, 5.41) is 1.44. The van der Waals surface area contributed by atoms with E-state index in [2.05, 4.69) is 22.0 Å². The molecule has 0 aliphatic heterocycles. The Morgan fingerprint density at radius 2 is 1.83 bits per heavy atom. The number of hydrogen-bond acceptors (Lipinski definition) is 3. The Hall–Kier alpha value is -1.59. The lowest BCUT2D eigenvalue weighted by atomic mass is 10.2. The maximum atomic E-state index is 12.8. The maximum Gasteiger partial charge on any atom is 0.262 e. The van der Waals surface area contributed by atoms with E-state index in [1.807, 2.05) is 56.3 Å². The van der Waals surface area contributed by atoms with Gasteiger partial charge in [0, 0.05) is 16.3 Å². The van der Waals surface area contributed by atoms with Gasteiger partial charge in [0.1, 0.15) is 0 Å². The van der Waals surface area contributed by atoms with Crippen molar-refractivity contribution >= 4 is 38.6 Å². The largest absolute Gasteiger partial charge is 0.285 e. The molecule has 3 rings (SSSR count). The summed E-state index contributed by atoms with van der Waals surface area (Å²) >= 11 is 5.16. The number of thioether (sulfide) groups is 1. The summed E-state index contributed by atoms with van der Waals surface area (Å²) in [6, 6.07) is 15.7. The zero-order valence-corrected chi connectivity index (χ0v) is 15.4. The van der Waals surface area contributed by atoms with Crippen LogP contribution in [0.2, 0.25) is 0 Å². The first-order valence-corrected chi connectivity index (χ1v) is 9.23. The Balaban J connectivity index is 2.04. The van der Waals surface area contributed by atoms with Crippen LogP contribution in [0.5, 0.6) is 0 Å². The van der Waals surface area contributed by atoms with Gasteiger partial charge in [-0.25, -0.2) is 4.98 Å².